The first-order chi connectivity index (χ1) is 14.8. The van der Waals surface area contributed by atoms with E-state index >= 15 is 0 Å². The Kier molecular flexibility index (Phi) is 7.17. The summed E-state index contributed by atoms with van der Waals surface area (Å²) in [5.74, 6) is -2.65. The highest BCUT2D eigenvalue weighted by molar-refractivity contribution is 7.10. The second-order valence-electron chi connectivity index (χ2n) is 6.86. The summed E-state index contributed by atoms with van der Waals surface area (Å²) >= 11 is 7.92. The van der Waals surface area contributed by atoms with Crippen LogP contribution in [-0.4, -0.2) is 43.8 Å². The summed E-state index contributed by atoms with van der Waals surface area (Å²) in [4.78, 5) is 25.4. The summed E-state index contributed by atoms with van der Waals surface area (Å²) in [5, 5.41) is 38.3. The number of thiophene rings is 1. The molecule has 4 rings (SSSR count). The van der Waals surface area contributed by atoms with Crippen LogP contribution in [0.4, 0.5) is 0 Å². The van der Waals surface area contributed by atoms with Crippen LogP contribution in [0.3, 0.4) is 0 Å². The van der Waals surface area contributed by atoms with E-state index in [4.69, 9.17) is 26.9 Å². The van der Waals surface area contributed by atoms with Crippen LogP contribution in [0.25, 0.3) is 0 Å². The van der Waals surface area contributed by atoms with Gasteiger partial charge in [0.15, 0.2) is 0 Å². The number of fused-ring (bicyclic) bond motifs is 1. The first-order valence-corrected chi connectivity index (χ1v) is 10.6. The fraction of sp³-hybridized carbons (Fsp3) is 0.182. The number of rotatable bonds is 4. The van der Waals surface area contributed by atoms with Gasteiger partial charge >= 0.3 is 11.9 Å². The second-order valence-corrected chi connectivity index (χ2v) is 8.27. The Morgan fingerprint density at radius 2 is 1.81 bits per heavy atom. The van der Waals surface area contributed by atoms with Crippen LogP contribution in [0.2, 0.25) is 5.02 Å². The molecule has 1 aliphatic heterocycles. The highest BCUT2D eigenvalue weighted by Gasteiger charge is 2.31. The molecular weight excluding hydrogens is 442 g/mol. The zero-order valence-electron chi connectivity index (χ0n) is 16.2. The van der Waals surface area contributed by atoms with Gasteiger partial charge in [0.25, 0.3) is 0 Å². The number of carbonyl (C=O) groups is 2. The molecule has 1 aromatic heterocycles. The quantitative estimate of drug-likeness (QED) is 0.426. The van der Waals surface area contributed by atoms with Gasteiger partial charge < -0.3 is 20.4 Å². The summed E-state index contributed by atoms with van der Waals surface area (Å²) in [6.45, 7) is 1.41. The van der Waals surface area contributed by atoms with Gasteiger partial charge in [0.05, 0.1) is 0 Å². The minimum Gasteiger partial charge on any atom is -0.508 e. The SMILES string of the molecule is O=C(O)[C@H](c1ccccc1Cl)N1CCc2sccc2C1.O=C(O)c1cc(O)ccc1O. The molecule has 0 unspecified atom stereocenters. The first-order valence-electron chi connectivity index (χ1n) is 9.29. The van der Waals surface area contributed by atoms with Gasteiger partial charge in [-0.25, -0.2) is 4.79 Å². The van der Waals surface area contributed by atoms with Crippen LogP contribution < -0.4 is 0 Å². The van der Waals surface area contributed by atoms with Gasteiger partial charge in [-0.2, -0.15) is 0 Å². The van der Waals surface area contributed by atoms with E-state index in [0.29, 0.717) is 17.1 Å². The maximum absolute atomic E-state index is 11.7. The topological polar surface area (TPSA) is 118 Å². The average Bonchev–Trinajstić information content (AvgIpc) is 3.19. The Labute approximate surface area is 187 Å². The molecule has 0 fully saturated rings. The molecule has 1 aliphatic rings. The Bertz CT molecular complexity index is 1100. The van der Waals surface area contributed by atoms with E-state index in [1.165, 1.54) is 16.5 Å². The van der Waals surface area contributed by atoms with Crippen LogP contribution in [0.5, 0.6) is 11.5 Å². The zero-order valence-corrected chi connectivity index (χ0v) is 17.8. The van der Waals surface area contributed by atoms with Crippen molar-refractivity contribution in [3.63, 3.8) is 0 Å². The molecule has 7 nitrogen and oxygen atoms in total. The van der Waals surface area contributed by atoms with Gasteiger partial charge in [-0.15, -0.1) is 11.3 Å². The molecule has 0 spiro atoms. The monoisotopic (exact) mass is 461 g/mol. The van der Waals surface area contributed by atoms with Gasteiger partial charge in [-0.1, -0.05) is 29.8 Å². The predicted octanol–water partition coefficient (Wildman–Crippen LogP) is 4.38. The van der Waals surface area contributed by atoms with Crippen molar-refractivity contribution in [2.75, 3.05) is 6.54 Å². The molecule has 0 aliphatic carbocycles. The summed E-state index contributed by atoms with van der Waals surface area (Å²) in [7, 11) is 0. The van der Waals surface area contributed by atoms with Gasteiger partial charge in [0, 0.05) is 23.0 Å². The number of benzene rings is 2. The zero-order chi connectivity index (χ0) is 22.5. The third-order valence-corrected chi connectivity index (χ3v) is 6.21. The number of hydrogen-bond donors (Lipinski definition) is 4. The van der Waals surface area contributed by atoms with Crippen LogP contribution in [-0.2, 0) is 17.8 Å². The lowest BCUT2D eigenvalue weighted by Gasteiger charge is -2.32. The van der Waals surface area contributed by atoms with Crippen molar-refractivity contribution >= 4 is 34.9 Å². The van der Waals surface area contributed by atoms with Crippen molar-refractivity contribution in [3.05, 3.63) is 80.5 Å². The molecule has 0 amide bonds. The fourth-order valence-electron chi connectivity index (χ4n) is 3.37. The molecule has 2 heterocycles. The van der Waals surface area contributed by atoms with E-state index in [9.17, 15) is 14.7 Å². The fourth-order valence-corrected chi connectivity index (χ4v) is 4.50. The summed E-state index contributed by atoms with van der Waals surface area (Å²) in [6, 6.07) is 11.9. The Hall–Kier alpha value is -3.07. The van der Waals surface area contributed by atoms with E-state index in [1.807, 2.05) is 17.0 Å². The molecule has 31 heavy (non-hydrogen) atoms. The molecule has 0 saturated carbocycles. The molecule has 1 atom stereocenters. The smallest absolute Gasteiger partial charge is 0.339 e. The third kappa shape index (κ3) is 5.35. The number of hydrogen-bond acceptors (Lipinski definition) is 6. The molecule has 3 aromatic rings. The summed E-state index contributed by atoms with van der Waals surface area (Å²) in [5.41, 5.74) is 1.60. The lowest BCUT2D eigenvalue weighted by atomic mass is 10.0. The Balaban J connectivity index is 0.000000210. The Morgan fingerprint density at radius 3 is 2.45 bits per heavy atom. The summed E-state index contributed by atoms with van der Waals surface area (Å²) < 4.78 is 0. The van der Waals surface area contributed by atoms with Crippen LogP contribution in [0.1, 0.15) is 32.4 Å². The van der Waals surface area contributed by atoms with Crippen molar-refractivity contribution in [3.8, 4) is 11.5 Å². The van der Waals surface area contributed by atoms with E-state index in [1.54, 1.807) is 23.5 Å². The minimum atomic E-state index is -1.27. The molecular formula is C22H20ClNO6S. The van der Waals surface area contributed by atoms with Gasteiger partial charge in [-0.3, -0.25) is 9.69 Å². The number of carboxylic acid groups (broad SMARTS) is 2. The molecule has 162 valence electrons. The third-order valence-electron chi connectivity index (χ3n) is 4.85. The van der Waals surface area contributed by atoms with Crippen molar-refractivity contribution in [2.45, 2.75) is 19.0 Å². The number of phenolic OH excluding ortho intramolecular Hbond substituents is 1. The van der Waals surface area contributed by atoms with E-state index in [2.05, 4.69) is 11.4 Å². The van der Waals surface area contributed by atoms with Crippen molar-refractivity contribution in [2.24, 2.45) is 0 Å². The molecule has 4 N–H and O–H groups in total. The van der Waals surface area contributed by atoms with Crippen LogP contribution >= 0.6 is 22.9 Å². The number of aromatic carboxylic acids is 1. The van der Waals surface area contributed by atoms with Gasteiger partial charge in [0.1, 0.15) is 23.1 Å². The number of carboxylic acids is 2. The van der Waals surface area contributed by atoms with Gasteiger partial charge in [0.2, 0.25) is 0 Å². The number of aromatic hydroxyl groups is 2. The van der Waals surface area contributed by atoms with Crippen molar-refractivity contribution < 1.29 is 30.0 Å². The predicted molar refractivity (Wildman–Crippen MR) is 117 cm³/mol. The maximum Gasteiger partial charge on any atom is 0.339 e. The lowest BCUT2D eigenvalue weighted by Crippen LogP contribution is -2.37. The van der Waals surface area contributed by atoms with Crippen LogP contribution in [0, 0.1) is 0 Å². The number of nitrogens with zero attached hydrogens (tertiary/aromatic N) is 1. The van der Waals surface area contributed by atoms with E-state index in [-0.39, 0.29) is 17.1 Å². The summed E-state index contributed by atoms with van der Waals surface area (Å²) in [6.07, 6.45) is 0.904. The molecule has 0 saturated heterocycles. The van der Waals surface area contributed by atoms with E-state index < -0.39 is 18.0 Å². The average molecular weight is 462 g/mol. The minimum absolute atomic E-state index is 0.180. The van der Waals surface area contributed by atoms with Crippen LogP contribution in [0.15, 0.2) is 53.9 Å². The lowest BCUT2D eigenvalue weighted by molar-refractivity contribution is -0.144. The molecule has 0 radical (unpaired) electrons. The molecule has 2 aromatic carbocycles. The van der Waals surface area contributed by atoms with Crippen molar-refractivity contribution in [1.29, 1.82) is 0 Å². The largest absolute Gasteiger partial charge is 0.508 e. The molecule has 9 heteroatoms. The second kappa shape index (κ2) is 9.82. The van der Waals surface area contributed by atoms with Crippen molar-refractivity contribution in [1.82, 2.24) is 4.90 Å². The molecule has 0 bridgehead atoms. The number of halogens is 1. The van der Waals surface area contributed by atoms with Gasteiger partial charge in [-0.05, 0) is 53.3 Å². The Morgan fingerprint density at radius 1 is 1.06 bits per heavy atom. The maximum atomic E-state index is 11.7. The number of phenols is 2. The highest BCUT2D eigenvalue weighted by Crippen LogP contribution is 2.33. The normalized spacial score (nSPS) is 14.1. The standard InChI is InChI=1S/C15H14ClNO2S.C7H6O4/c16-12-4-2-1-3-11(12)14(15(18)19)17-7-5-13-10(9-17)6-8-20-13;8-4-1-2-6(9)5(3-4)7(10)11/h1-4,6,8,14H,5,7,9H2,(H,18,19);1-3,8-9H,(H,10,11)/t14-;/m0./s1. The first kappa shape index (κ1) is 22.6. The van der Waals surface area contributed by atoms with E-state index in [0.717, 1.165) is 25.1 Å². The number of aliphatic carboxylic acids is 1. The highest BCUT2D eigenvalue weighted by atomic mass is 35.5.